The van der Waals surface area contributed by atoms with Crippen molar-refractivity contribution in [3.63, 3.8) is 0 Å². The fourth-order valence-electron chi connectivity index (χ4n) is 1.38. The number of ether oxygens (including phenoxy) is 1. The van der Waals surface area contributed by atoms with Gasteiger partial charge >= 0.3 is 5.97 Å². The van der Waals surface area contributed by atoms with Crippen molar-refractivity contribution >= 4 is 17.7 Å². The number of hydrogen-bond donors (Lipinski definition) is 1. The first kappa shape index (κ1) is 12.6. The van der Waals surface area contributed by atoms with E-state index >= 15 is 0 Å². The van der Waals surface area contributed by atoms with Crippen molar-refractivity contribution in [2.24, 2.45) is 0 Å². The Morgan fingerprint density at radius 3 is 2.84 bits per heavy atom. The first-order chi connectivity index (χ1) is 9.22. The summed E-state index contributed by atoms with van der Waals surface area (Å²) in [6, 6.07) is 8.97. The third-order valence-corrected chi connectivity index (χ3v) is 2.25. The van der Waals surface area contributed by atoms with E-state index in [-0.39, 0.29) is 18.3 Å². The topological polar surface area (TPSA) is 88.1 Å². The molecule has 0 aliphatic carbocycles. The average Bonchev–Trinajstić information content (AvgIpc) is 2.88. The molecule has 6 heteroatoms. The van der Waals surface area contributed by atoms with E-state index in [0.717, 1.165) is 0 Å². The predicted octanol–water partition coefficient (Wildman–Crippen LogP) is 2.47. The largest absolute Gasteiger partial charge is 0.461 e. The molecule has 2 aromatic rings. The Hall–Kier alpha value is -2.81. The lowest BCUT2D eigenvalue weighted by molar-refractivity contribution is 0.0519. The zero-order chi connectivity index (χ0) is 13.7. The number of aromatic nitrogens is 1. The van der Waals surface area contributed by atoms with E-state index in [2.05, 4.69) is 10.3 Å². The smallest absolute Gasteiger partial charge is 0.360 e. The molecule has 0 radical (unpaired) electrons. The summed E-state index contributed by atoms with van der Waals surface area (Å²) < 4.78 is 9.90. The summed E-state index contributed by atoms with van der Waals surface area (Å²) in [4.78, 5) is 15.3. The fraction of sp³-hybridized carbons (Fsp3) is 0.154. The molecule has 0 unspecified atom stereocenters. The molecule has 0 atom stereocenters. The third-order valence-electron chi connectivity index (χ3n) is 2.25. The maximum absolute atomic E-state index is 11.4. The summed E-state index contributed by atoms with van der Waals surface area (Å²) in [6.45, 7) is 2.00. The van der Waals surface area contributed by atoms with Gasteiger partial charge in [0.05, 0.1) is 18.2 Å². The second-order valence-corrected chi connectivity index (χ2v) is 3.57. The van der Waals surface area contributed by atoms with Crippen LogP contribution < -0.4 is 5.32 Å². The van der Waals surface area contributed by atoms with Crippen LogP contribution in [0.4, 0.5) is 11.7 Å². The highest BCUT2D eigenvalue weighted by Crippen LogP contribution is 2.16. The zero-order valence-corrected chi connectivity index (χ0v) is 10.2. The lowest BCUT2D eigenvalue weighted by atomic mass is 10.2. The van der Waals surface area contributed by atoms with Crippen molar-refractivity contribution < 1.29 is 13.9 Å². The zero-order valence-electron chi connectivity index (χ0n) is 10.2. The second-order valence-electron chi connectivity index (χ2n) is 3.57. The number of oxazole rings is 1. The molecule has 6 nitrogen and oxygen atoms in total. The van der Waals surface area contributed by atoms with Gasteiger partial charge in [0.2, 0.25) is 0 Å². The number of hydrogen-bond acceptors (Lipinski definition) is 6. The highest BCUT2D eigenvalue weighted by atomic mass is 16.5. The quantitative estimate of drug-likeness (QED) is 0.846. The lowest BCUT2D eigenvalue weighted by Crippen LogP contribution is -2.04. The molecular weight excluding hydrogens is 246 g/mol. The number of carbonyl (C=O) groups excluding carboxylic acids is 1. The molecule has 1 N–H and O–H groups in total. The van der Waals surface area contributed by atoms with E-state index in [0.29, 0.717) is 11.3 Å². The van der Waals surface area contributed by atoms with E-state index < -0.39 is 5.97 Å². The maximum atomic E-state index is 11.4. The van der Waals surface area contributed by atoms with Crippen molar-refractivity contribution in [3.05, 3.63) is 41.8 Å². The molecule has 1 aromatic carbocycles. The van der Waals surface area contributed by atoms with Gasteiger partial charge in [0.1, 0.15) is 6.26 Å². The molecule has 0 saturated carbocycles. The fourth-order valence-corrected chi connectivity index (χ4v) is 1.38. The molecule has 1 heterocycles. The van der Waals surface area contributed by atoms with Gasteiger partial charge in [0.15, 0.2) is 5.69 Å². The van der Waals surface area contributed by atoms with Crippen molar-refractivity contribution in [2.45, 2.75) is 6.92 Å². The number of benzene rings is 1. The van der Waals surface area contributed by atoms with Crippen LogP contribution in [0.3, 0.4) is 0 Å². The first-order valence-electron chi connectivity index (χ1n) is 5.62. The summed E-state index contributed by atoms with van der Waals surface area (Å²) in [5, 5.41) is 11.6. The minimum absolute atomic E-state index is 0.109. The van der Waals surface area contributed by atoms with E-state index in [9.17, 15) is 4.79 Å². The minimum atomic E-state index is -0.529. The van der Waals surface area contributed by atoms with Crippen LogP contribution in [-0.2, 0) is 4.74 Å². The molecule has 0 fully saturated rings. The van der Waals surface area contributed by atoms with Gasteiger partial charge in [-0.3, -0.25) is 0 Å². The summed E-state index contributed by atoms with van der Waals surface area (Å²) in [7, 11) is 0. The van der Waals surface area contributed by atoms with E-state index in [4.69, 9.17) is 14.4 Å². The predicted molar refractivity (Wildman–Crippen MR) is 66.9 cm³/mol. The Morgan fingerprint density at radius 1 is 1.47 bits per heavy atom. The highest BCUT2D eigenvalue weighted by molar-refractivity contribution is 5.87. The Balaban J connectivity index is 2.07. The maximum Gasteiger partial charge on any atom is 0.360 e. The molecule has 96 valence electrons. The molecule has 19 heavy (non-hydrogen) atoms. The summed E-state index contributed by atoms with van der Waals surface area (Å²) in [5.74, 6) is -0.529. The summed E-state index contributed by atoms with van der Waals surface area (Å²) in [6.07, 6.45) is 1.23. The van der Waals surface area contributed by atoms with Gasteiger partial charge in [0, 0.05) is 5.69 Å². The standard InChI is InChI=1S/C13H11N3O3/c1-2-18-12(17)11-8-19-13(16-11)15-10-5-3-9(7-14)4-6-10/h3-6,8H,2H2,1H3,(H,15,16). The van der Waals surface area contributed by atoms with Crippen molar-refractivity contribution in [3.8, 4) is 6.07 Å². The second kappa shape index (κ2) is 5.69. The molecular formula is C13H11N3O3. The number of anilines is 2. The summed E-state index contributed by atoms with van der Waals surface area (Å²) >= 11 is 0. The Morgan fingerprint density at radius 2 is 2.21 bits per heavy atom. The van der Waals surface area contributed by atoms with Crippen LogP contribution in [0.5, 0.6) is 0 Å². The van der Waals surface area contributed by atoms with Crippen LogP contribution in [-0.4, -0.2) is 17.6 Å². The van der Waals surface area contributed by atoms with Gasteiger partial charge in [-0.1, -0.05) is 0 Å². The van der Waals surface area contributed by atoms with Crippen molar-refractivity contribution in [1.82, 2.24) is 4.98 Å². The number of rotatable bonds is 4. The molecule has 0 spiro atoms. The Kier molecular flexibility index (Phi) is 3.78. The van der Waals surface area contributed by atoms with Gasteiger partial charge < -0.3 is 14.5 Å². The first-order valence-corrected chi connectivity index (χ1v) is 5.62. The third kappa shape index (κ3) is 3.10. The average molecular weight is 257 g/mol. The molecule has 0 bridgehead atoms. The number of nitriles is 1. The highest BCUT2D eigenvalue weighted by Gasteiger charge is 2.12. The van der Waals surface area contributed by atoms with Crippen LogP contribution in [0, 0.1) is 11.3 Å². The van der Waals surface area contributed by atoms with Crippen molar-refractivity contribution in [1.29, 1.82) is 5.26 Å². The molecule has 0 saturated heterocycles. The monoisotopic (exact) mass is 257 g/mol. The van der Waals surface area contributed by atoms with Crippen LogP contribution in [0.25, 0.3) is 0 Å². The normalized spacial score (nSPS) is 9.68. The number of nitrogens with one attached hydrogen (secondary N) is 1. The van der Waals surface area contributed by atoms with Gasteiger partial charge in [-0.15, -0.1) is 0 Å². The van der Waals surface area contributed by atoms with Crippen molar-refractivity contribution in [2.75, 3.05) is 11.9 Å². The SMILES string of the molecule is CCOC(=O)c1coc(Nc2ccc(C#N)cc2)n1. The van der Waals surface area contributed by atoms with E-state index in [1.807, 2.05) is 6.07 Å². The number of nitrogens with zero attached hydrogens (tertiary/aromatic N) is 2. The van der Waals surface area contributed by atoms with Crippen LogP contribution in [0.1, 0.15) is 23.0 Å². The molecule has 0 amide bonds. The summed E-state index contributed by atoms with van der Waals surface area (Å²) in [5.41, 5.74) is 1.37. The molecule has 1 aromatic heterocycles. The van der Waals surface area contributed by atoms with E-state index in [1.165, 1.54) is 6.26 Å². The van der Waals surface area contributed by atoms with Gasteiger partial charge in [-0.05, 0) is 31.2 Å². The van der Waals surface area contributed by atoms with Crippen LogP contribution >= 0.6 is 0 Å². The van der Waals surface area contributed by atoms with Gasteiger partial charge in [-0.2, -0.15) is 10.2 Å². The van der Waals surface area contributed by atoms with Crippen LogP contribution in [0.2, 0.25) is 0 Å². The number of carbonyl (C=O) groups is 1. The molecule has 2 rings (SSSR count). The minimum Gasteiger partial charge on any atom is -0.461 e. The molecule has 0 aliphatic rings. The van der Waals surface area contributed by atoms with Crippen LogP contribution in [0.15, 0.2) is 34.9 Å². The molecule has 0 aliphatic heterocycles. The van der Waals surface area contributed by atoms with E-state index in [1.54, 1.807) is 31.2 Å². The van der Waals surface area contributed by atoms with Gasteiger partial charge in [-0.25, -0.2) is 4.79 Å². The van der Waals surface area contributed by atoms with Gasteiger partial charge in [0.25, 0.3) is 6.01 Å². The lowest BCUT2D eigenvalue weighted by Gasteiger charge is -2.00. The Bertz CT molecular complexity index is 611. The number of esters is 1. The Labute approximate surface area is 109 Å².